The van der Waals surface area contributed by atoms with Gasteiger partial charge in [-0.15, -0.1) is 0 Å². The molecule has 1 aromatic carbocycles. The van der Waals surface area contributed by atoms with Crippen molar-refractivity contribution in [1.29, 1.82) is 0 Å². The Bertz CT molecular complexity index is 399. The van der Waals surface area contributed by atoms with Crippen LogP contribution < -0.4 is 10.5 Å². The van der Waals surface area contributed by atoms with Gasteiger partial charge in [-0.1, -0.05) is 6.42 Å². The highest BCUT2D eigenvalue weighted by Gasteiger charge is 2.38. The smallest absolute Gasteiger partial charge is 0.179 e. The van der Waals surface area contributed by atoms with Crippen molar-refractivity contribution in [3.63, 3.8) is 0 Å². The van der Waals surface area contributed by atoms with Crippen molar-refractivity contribution in [3.05, 3.63) is 28.0 Å². The lowest BCUT2D eigenvalue weighted by Crippen LogP contribution is -2.41. The first kappa shape index (κ1) is 11.9. The van der Waals surface area contributed by atoms with Crippen molar-refractivity contribution in [1.82, 2.24) is 0 Å². The lowest BCUT2D eigenvalue weighted by molar-refractivity contribution is 0.251. The number of nitrogens with two attached hydrogens (primary N) is 1. The largest absolute Gasteiger partial charge is 0.494 e. The topological polar surface area (TPSA) is 35.2 Å². The molecule has 4 heteroatoms. The molecule has 0 saturated heterocycles. The summed E-state index contributed by atoms with van der Waals surface area (Å²) < 4.78 is 19.1. The zero-order valence-corrected chi connectivity index (χ0v) is 10.8. The van der Waals surface area contributed by atoms with E-state index in [-0.39, 0.29) is 17.0 Å². The molecule has 0 heterocycles. The number of benzene rings is 1. The standard InChI is InChI=1S/C12H15BrFNO/c1-16-10-6-8(5-9(13)11(10)14)12(7-15)3-2-4-12/h5-6H,2-4,7,15H2,1H3. The van der Waals surface area contributed by atoms with E-state index in [1.807, 2.05) is 6.07 Å². The highest BCUT2D eigenvalue weighted by atomic mass is 79.9. The number of halogens is 2. The molecule has 1 aliphatic rings. The molecule has 1 aromatic rings. The van der Waals surface area contributed by atoms with Crippen LogP contribution in [-0.4, -0.2) is 13.7 Å². The number of ether oxygens (including phenoxy) is 1. The van der Waals surface area contributed by atoms with Gasteiger partial charge in [0.15, 0.2) is 11.6 Å². The normalized spacial score (nSPS) is 18.0. The molecule has 2 N–H and O–H groups in total. The molecule has 0 atom stereocenters. The van der Waals surface area contributed by atoms with E-state index in [0.717, 1.165) is 18.4 Å². The molecular formula is C12H15BrFNO. The van der Waals surface area contributed by atoms with E-state index < -0.39 is 0 Å². The van der Waals surface area contributed by atoms with Crippen LogP contribution in [0.25, 0.3) is 0 Å². The van der Waals surface area contributed by atoms with Crippen LogP contribution in [0.4, 0.5) is 4.39 Å². The third kappa shape index (κ3) is 1.74. The molecule has 0 radical (unpaired) electrons. The SMILES string of the molecule is COc1cc(C2(CN)CCC2)cc(Br)c1F. The lowest BCUT2D eigenvalue weighted by atomic mass is 9.64. The molecule has 0 amide bonds. The summed E-state index contributed by atoms with van der Waals surface area (Å²) in [6.07, 6.45) is 3.34. The van der Waals surface area contributed by atoms with Gasteiger partial charge in [-0.25, -0.2) is 4.39 Å². The quantitative estimate of drug-likeness (QED) is 0.928. The molecule has 0 bridgehead atoms. The van der Waals surface area contributed by atoms with Crippen LogP contribution in [0.5, 0.6) is 5.75 Å². The molecule has 2 nitrogen and oxygen atoms in total. The van der Waals surface area contributed by atoms with Gasteiger partial charge in [-0.2, -0.15) is 0 Å². The number of hydrogen-bond acceptors (Lipinski definition) is 2. The van der Waals surface area contributed by atoms with Gasteiger partial charge in [0.25, 0.3) is 0 Å². The second kappa shape index (κ2) is 4.34. The summed E-state index contributed by atoms with van der Waals surface area (Å²) in [5.74, 6) is -0.0677. The predicted octanol–water partition coefficient (Wildman–Crippen LogP) is 2.98. The Kier molecular flexibility index (Phi) is 3.22. The Hall–Kier alpha value is -0.610. The van der Waals surface area contributed by atoms with Gasteiger partial charge < -0.3 is 10.5 Å². The maximum Gasteiger partial charge on any atom is 0.179 e. The van der Waals surface area contributed by atoms with E-state index in [9.17, 15) is 4.39 Å². The molecule has 2 rings (SSSR count). The molecule has 88 valence electrons. The fourth-order valence-electron chi connectivity index (χ4n) is 2.23. The van der Waals surface area contributed by atoms with Crippen LogP contribution in [0.1, 0.15) is 24.8 Å². The van der Waals surface area contributed by atoms with Crippen LogP contribution in [0, 0.1) is 5.82 Å². The maximum absolute atomic E-state index is 13.6. The van der Waals surface area contributed by atoms with Crippen LogP contribution in [0.3, 0.4) is 0 Å². The highest BCUT2D eigenvalue weighted by Crippen LogP contribution is 2.45. The van der Waals surface area contributed by atoms with E-state index in [1.54, 1.807) is 6.07 Å². The number of methoxy groups -OCH3 is 1. The van der Waals surface area contributed by atoms with Crippen LogP contribution in [0.2, 0.25) is 0 Å². The number of hydrogen-bond donors (Lipinski definition) is 1. The summed E-state index contributed by atoms with van der Waals surface area (Å²) in [5.41, 5.74) is 6.94. The highest BCUT2D eigenvalue weighted by molar-refractivity contribution is 9.10. The molecule has 1 aliphatic carbocycles. The maximum atomic E-state index is 13.6. The average Bonchev–Trinajstić information content (AvgIpc) is 2.22. The minimum Gasteiger partial charge on any atom is -0.494 e. The monoisotopic (exact) mass is 287 g/mol. The van der Waals surface area contributed by atoms with E-state index in [4.69, 9.17) is 10.5 Å². The van der Waals surface area contributed by atoms with E-state index in [0.29, 0.717) is 11.0 Å². The molecule has 0 spiro atoms. The van der Waals surface area contributed by atoms with Crippen LogP contribution in [-0.2, 0) is 5.41 Å². The Balaban J connectivity index is 2.45. The molecule has 1 saturated carbocycles. The van der Waals surface area contributed by atoms with E-state index >= 15 is 0 Å². The Labute approximate surface area is 103 Å². The third-order valence-electron chi connectivity index (χ3n) is 3.53. The second-order valence-corrected chi connectivity index (χ2v) is 5.17. The summed E-state index contributed by atoms with van der Waals surface area (Å²) in [6.45, 7) is 0.605. The van der Waals surface area contributed by atoms with E-state index in [2.05, 4.69) is 15.9 Å². The summed E-state index contributed by atoms with van der Waals surface area (Å²) >= 11 is 3.22. The third-order valence-corrected chi connectivity index (χ3v) is 4.11. The van der Waals surface area contributed by atoms with Gasteiger partial charge in [0, 0.05) is 12.0 Å². The summed E-state index contributed by atoms with van der Waals surface area (Å²) in [7, 11) is 1.48. The van der Waals surface area contributed by atoms with E-state index in [1.165, 1.54) is 13.5 Å². The lowest BCUT2D eigenvalue weighted by Gasteiger charge is -2.41. The van der Waals surface area contributed by atoms with Gasteiger partial charge >= 0.3 is 0 Å². The minimum absolute atomic E-state index is 0.0312. The molecule has 0 aromatic heterocycles. The molecular weight excluding hydrogens is 273 g/mol. The predicted molar refractivity (Wildman–Crippen MR) is 65.2 cm³/mol. The molecule has 1 fully saturated rings. The van der Waals surface area contributed by atoms with Crippen molar-refractivity contribution >= 4 is 15.9 Å². The average molecular weight is 288 g/mol. The zero-order valence-electron chi connectivity index (χ0n) is 9.22. The molecule has 0 aliphatic heterocycles. The summed E-state index contributed by atoms with van der Waals surface area (Å²) in [5, 5.41) is 0. The Morgan fingerprint density at radius 3 is 2.62 bits per heavy atom. The van der Waals surface area contributed by atoms with Crippen molar-refractivity contribution in [2.45, 2.75) is 24.7 Å². The fourth-order valence-corrected chi connectivity index (χ4v) is 2.67. The summed E-state index contributed by atoms with van der Waals surface area (Å²) in [6, 6.07) is 3.59. The summed E-state index contributed by atoms with van der Waals surface area (Å²) in [4.78, 5) is 0. The second-order valence-electron chi connectivity index (χ2n) is 4.31. The van der Waals surface area contributed by atoms with Crippen molar-refractivity contribution in [2.75, 3.05) is 13.7 Å². The van der Waals surface area contributed by atoms with Crippen molar-refractivity contribution in [3.8, 4) is 5.75 Å². The first-order chi connectivity index (χ1) is 7.63. The van der Waals surface area contributed by atoms with Gasteiger partial charge in [-0.05, 0) is 46.5 Å². The fraction of sp³-hybridized carbons (Fsp3) is 0.500. The molecule has 16 heavy (non-hydrogen) atoms. The van der Waals surface area contributed by atoms with Gasteiger partial charge in [0.05, 0.1) is 11.6 Å². The van der Waals surface area contributed by atoms with Gasteiger partial charge in [0.1, 0.15) is 0 Å². The minimum atomic E-state index is -0.349. The van der Waals surface area contributed by atoms with Gasteiger partial charge in [0.2, 0.25) is 0 Å². The molecule has 0 unspecified atom stereocenters. The zero-order chi connectivity index (χ0) is 11.8. The number of rotatable bonds is 3. The van der Waals surface area contributed by atoms with Gasteiger partial charge in [-0.3, -0.25) is 0 Å². The first-order valence-electron chi connectivity index (χ1n) is 5.36. The Morgan fingerprint density at radius 2 is 2.19 bits per heavy atom. The Morgan fingerprint density at radius 1 is 1.50 bits per heavy atom. The van der Waals surface area contributed by atoms with Crippen molar-refractivity contribution < 1.29 is 9.13 Å². The van der Waals surface area contributed by atoms with Crippen molar-refractivity contribution in [2.24, 2.45) is 5.73 Å². The first-order valence-corrected chi connectivity index (χ1v) is 6.16. The van der Waals surface area contributed by atoms with Crippen LogP contribution in [0.15, 0.2) is 16.6 Å². The van der Waals surface area contributed by atoms with Crippen LogP contribution >= 0.6 is 15.9 Å².